The van der Waals surface area contributed by atoms with Crippen LogP contribution in [0.5, 0.6) is 11.6 Å². The molecule has 7 atom stereocenters. The van der Waals surface area contributed by atoms with Gasteiger partial charge in [-0.25, -0.2) is 13.4 Å². The van der Waals surface area contributed by atoms with E-state index in [1.807, 2.05) is 45.0 Å². The Labute approximate surface area is 396 Å². The highest BCUT2D eigenvalue weighted by Crippen LogP contribution is 2.58. The number of rotatable bonds is 12. The van der Waals surface area contributed by atoms with Crippen LogP contribution in [0, 0.1) is 28.6 Å². The molecule has 0 radical (unpaired) electrons. The fraction of sp³-hybridized carbons (Fsp3) is 0.706. The molecule has 67 heavy (non-hydrogen) atoms. The number of benzene rings is 1. The smallest absolute Gasteiger partial charge is 0.306 e. The summed E-state index contributed by atoms with van der Waals surface area (Å²) in [6.45, 7) is 16.6. The molecule has 2 bridgehead atoms. The number of carbonyl (C=O) groups excluding carboxylic acids is 4. The maximum absolute atomic E-state index is 15.2. The van der Waals surface area contributed by atoms with E-state index in [2.05, 4.69) is 16.2 Å². The van der Waals surface area contributed by atoms with Gasteiger partial charge in [0.05, 0.1) is 60.2 Å². The van der Waals surface area contributed by atoms with Gasteiger partial charge in [-0.1, -0.05) is 51.8 Å². The molecule has 15 nitrogen and oxygen atoms in total. The minimum atomic E-state index is -4.34. The second-order valence-electron chi connectivity index (χ2n) is 21.8. The van der Waals surface area contributed by atoms with E-state index >= 15 is 4.79 Å². The number of fused-ring (bicyclic) bond motifs is 5. The van der Waals surface area contributed by atoms with E-state index in [4.69, 9.17) is 23.9 Å². The lowest BCUT2D eigenvalue weighted by Gasteiger charge is -2.35. The van der Waals surface area contributed by atoms with Gasteiger partial charge >= 0.3 is 5.97 Å². The number of hydrogen-bond donors (Lipinski definition) is 2. The molecule has 2 N–H and O–H groups in total. The predicted molar refractivity (Wildman–Crippen MR) is 252 cm³/mol. The minimum absolute atomic E-state index is 0.00923. The van der Waals surface area contributed by atoms with Crippen molar-refractivity contribution in [2.24, 2.45) is 28.6 Å². The molecular formula is C51H72N4O11S. The zero-order chi connectivity index (χ0) is 47.9. The molecule has 8 rings (SSSR count). The van der Waals surface area contributed by atoms with E-state index in [1.165, 1.54) is 18.7 Å². The van der Waals surface area contributed by atoms with Crippen molar-refractivity contribution in [1.82, 2.24) is 19.5 Å². The summed E-state index contributed by atoms with van der Waals surface area (Å²) in [6, 6.07) is 6.75. The van der Waals surface area contributed by atoms with E-state index in [0.717, 1.165) is 75.5 Å². The zero-order valence-corrected chi connectivity index (χ0v) is 41.0. The number of ether oxygens (including phenoxy) is 4. The Hall–Kier alpha value is -4.12. The number of aliphatic hydroxyl groups is 1. The third-order valence-electron chi connectivity index (χ3n) is 15.9. The topological polar surface area (TPSA) is 191 Å². The number of morpholine rings is 1. The number of hydrogen-bond acceptors (Lipinski definition) is 13. The Morgan fingerprint density at radius 3 is 2.43 bits per heavy atom. The monoisotopic (exact) mass is 948 g/mol. The molecule has 2 amide bonds. The average Bonchev–Trinajstić information content (AvgIpc) is 4.15. The zero-order valence-electron chi connectivity index (χ0n) is 40.2. The second kappa shape index (κ2) is 19.3. The van der Waals surface area contributed by atoms with Crippen LogP contribution in [-0.4, -0.2) is 126 Å². The molecule has 0 spiro atoms. The van der Waals surface area contributed by atoms with Crippen LogP contribution in [0.1, 0.15) is 124 Å². The standard InChI is InChI=1S/C51H72N4O11S/c1-7-34-30-50(34,47(59)53-67(61,62)51(20-21-51)49(5,6)60)31-41(56)40-28-35-32-55(40)46(58)38(48(2,3)4)29-43(57)66-42-19-13-15-33(42)14-9-8-10-17-37-44(64-27-24-54-22-25-63-26-23-54)36-16-11-12-18-39(36)52-45(37)65-35/h7,11-12,16,18,33-35,38,40,42,60H,1,8-10,13-15,17,19-32H2,2-6H3,(H,53,59)/t33-,34-,35-,38-,40+,42-,50-/m1/s1. The summed E-state index contributed by atoms with van der Waals surface area (Å²) in [7, 11) is -4.34. The van der Waals surface area contributed by atoms with Crippen molar-refractivity contribution in [3.8, 4) is 11.6 Å². The number of nitrogens with zero attached hydrogens (tertiary/aromatic N) is 3. The largest absolute Gasteiger partial charge is 0.491 e. The van der Waals surface area contributed by atoms with Crippen molar-refractivity contribution < 1.29 is 51.6 Å². The summed E-state index contributed by atoms with van der Waals surface area (Å²) in [5, 5.41) is 11.7. The number of amides is 2. The second-order valence-corrected chi connectivity index (χ2v) is 23.8. The lowest BCUT2D eigenvalue weighted by Crippen LogP contribution is -2.53. The van der Waals surface area contributed by atoms with Crippen molar-refractivity contribution in [3.05, 3.63) is 42.5 Å². The average molecular weight is 949 g/mol. The van der Waals surface area contributed by atoms with Crippen molar-refractivity contribution in [3.63, 3.8) is 0 Å². The Bertz CT molecular complexity index is 2310. The van der Waals surface area contributed by atoms with Crippen LogP contribution in [0.2, 0.25) is 0 Å². The molecule has 0 unspecified atom stereocenters. The van der Waals surface area contributed by atoms with Gasteiger partial charge < -0.3 is 29.0 Å². The first kappa shape index (κ1) is 49.3. The predicted octanol–water partition coefficient (Wildman–Crippen LogP) is 6.08. The van der Waals surface area contributed by atoms with Crippen LogP contribution in [0.25, 0.3) is 10.9 Å². The summed E-state index contributed by atoms with van der Waals surface area (Å²) in [5.74, 6) is -2.09. The lowest BCUT2D eigenvalue weighted by molar-refractivity contribution is -0.158. The number of Topliss-reactive ketones (excluding diaryl/α,β-unsaturated/α-hetero) is 1. The van der Waals surface area contributed by atoms with Crippen LogP contribution < -0.4 is 14.2 Å². The first-order chi connectivity index (χ1) is 31.8. The van der Waals surface area contributed by atoms with Gasteiger partial charge in [-0.05, 0) is 101 Å². The Morgan fingerprint density at radius 1 is 1.01 bits per heavy atom. The number of esters is 1. The number of carbonyl (C=O) groups is 4. The first-order valence-electron chi connectivity index (χ1n) is 24.7. The Balaban J connectivity index is 1.13. The highest BCUT2D eigenvalue weighted by atomic mass is 32.2. The molecule has 4 heterocycles. The molecular weight excluding hydrogens is 877 g/mol. The molecule has 2 aromatic rings. The summed E-state index contributed by atoms with van der Waals surface area (Å²) >= 11 is 0. The van der Waals surface area contributed by atoms with Gasteiger partial charge in [-0.3, -0.25) is 28.8 Å². The van der Waals surface area contributed by atoms with Gasteiger partial charge in [0.2, 0.25) is 27.7 Å². The fourth-order valence-electron chi connectivity index (χ4n) is 11.4. The number of pyridine rings is 1. The van der Waals surface area contributed by atoms with Crippen LogP contribution in [0.3, 0.4) is 0 Å². The third kappa shape index (κ3) is 10.3. The minimum Gasteiger partial charge on any atom is -0.491 e. The Kier molecular flexibility index (Phi) is 14.2. The molecule has 368 valence electrons. The highest BCUT2D eigenvalue weighted by Gasteiger charge is 2.67. The van der Waals surface area contributed by atoms with Gasteiger partial charge in [0, 0.05) is 37.9 Å². The molecule has 2 saturated heterocycles. The lowest BCUT2D eigenvalue weighted by atomic mass is 9.77. The van der Waals surface area contributed by atoms with Crippen LogP contribution >= 0.6 is 0 Å². The number of para-hydroxylation sites is 1. The number of aromatic nitrogens is 1. The van der Waals surface area contributed by atoms with E-state index in [-0.39, 0.29) is 57.1 Å². The van der Waals surface area contributed by atoms with Crippen LogP contribution in [0.4, 0.5) is 0 Å². The van der Waals surface area contributed by atoms with Crippen molar-refractivity contribution in [2.75, 3.05) is 46.0 Å². The number of allylic oxidation sites excluding steroid dienone is 1. The molecule has 5 fully saturated rings. The molecule has 3 saturated carbocycles. The van der Waals surface area contributed by atoms with E-state index in [9.17, 15) is 27.9 Å². The van der Waals surface area contributed by atoms with Gasteiger partial charge in [0.15, 0.2) is 5.78 Å². The van der Waals surface area contributed by atoms with Crippen molar-refractivity contribution >= 4 is 44.5 Å². The van der Waals surface area contributed by atoms with Crippen LogP contribution in [-0.2, 0) is 45.1 Å². The van der Waals surface area contributed by atoms with Crippen LogP contribution in [0.15, 0.2) is 36.9 Å². The highest BCUT2D eigenvalue weighted by molar-refractivity contribution is 7.91. The van der Waals surface area contributed by atoms with Crippen molar-refractivity contribution in [2.45, 2.75) is 153 Å². The number of sulfonamides is 1. The first-order valence-corrected chi connectivity index (χ1v) is 26.2. The molecule has 3 aliphatic heterocycles. The SMILES string of the molecule is C=C[C@@H]1C[C@]1(CC(=O)[C@@H]1C[C@@H]2CN1C(=O)[C@H](C(C)(C)C)CC(=O)O[C@@H]1CCC[C@H]1CCCCCc1c(nc3ccccc3c1OCCN1CCOCC1)O2)C(=O)NS(=O)(=O)C1(C(C)(C)O)CC1. The van der Waals surface area contributed by atoms with E-state index in [0.29, 0.717) is 43.4 Å². The maximum Gasteiger partial charge on any atom is 0.306 e. The van der Waals surface area contributed by atoms with Gasteiger partial charge in [-0.15, -0.1) is 6.58 Å². The molecule has 16 heteroatoms. The van der Waals surface area contributed by atoms with Crippen molar-refractivity contribution in [1.29, 1.82) is 0 Å². The van der Waals surface area contributed by atoms with Gasteiger partial charge in [0.25, 0.3) is 0 Å². The number of ketones is 1. The maximum atomic E-state index is 15.2. The summed E-state index contributed by atoms with van der Waals surface area (Å²) in [6.07, 6.45) is 7.77. The molecule has 1 aromatic heterocycles. The molecule has 6 aliphatic rings. The third-order valence-corrected chi connectivity index (χ3v) is 18.3. The number of nitrogens with one attached hydrogen (secondary N) is 1. The van der Waals surface area contributed by atoms with Gasteiger partial charge in [-0.2, -0.15) is 0 Å². The fourth-order valence-corrected chi connectivity index (χ4v) is 13.3. The normalized spacial score (nSPS) is 29.7. The Morgan fingerprint density at radius 2 is 1.75 bits per heavy atom. The summed E-state index contributed by atoms with van der Waals surface area (Å²) in [5.41, 5.74) is -2.22. The molecule has 3 aliphatic carbocycles. The van der Waals surface area contributed by atoms with E-state index in [1.54, 1.807) is 6.08 Å². The van der Waals surface area contributed by atoms with E-state index < -0.39 is 78.7 Å². The summed E-state index contributed by atoms with van der Waals surface area (Å²) < 4.78 is 53.6. The van der Waals surface area contributed by atoms with Gasteiger partial charge in [0.1, 0.15) is 29.3 Å². The quantitative estimate of drug-likeness (QED) is 0.184. The summed E-state index contributed by atoms with van der Waals surface area (Å²) in [4.78, 5) is 67.1. The molecule has 1 aromatic carbocycles.